The Morgan fingerprint density at radius 3 is 0.805 bits per heavy atom. The number of hydrogen-bond donors (Lipinski definition) is 8. The van der Waals surface area contributed by atoms with Gasteiger partial charge in [-0.15, -0.1) is 0 Å². The molecule has 77 heavy (non-hydrogen) atoms. The summed E-state index contributed by atoms with van der Waals surface area (Å²) < 4.78 is 0. The number of rotatable bonds is 14. The zero-order valence-electron chi connectivity index (χ0n) is 40.5. The van der Waals surface area contributed by atoms with Gasteiger partial charge >= 0.3 is 0 Å². The van der Waals surface area contributed by atoms with E-state index >= 15 is 0 Å². The highest BCUT2D eigenvalue weighted by Crippen LogP contribution is 2.29. The van der Waals surface area contributed by atoms with Gasteiger partial charge in [0.25, 0.3) is 23.6 Å². The van der Waals surface area contributed by atoms with Crippen LogP contribution in [0.1, 0.15) is 74.8 Å². The number of amides is 4. The van der Waals surface area contributed by atoms with Gasteiger partial charge in [0.15, 0.2) is 0 Å². The van der Waals surface area contributed by atoms with E-state index in [4.69, 9.17) is 0 Å². The van der Waals surface area contributed by atoms with E-state index in [-0.39, 0.29) is 51.7 Å². The number of carbonyl (C=O) groups excluding carboxylic acids is 4. The summed E-state index contributed by atoms with van der Waals surface area (Å²) >= 11 is 0. The summed E-state index contributed by atoms with van der Waals surface area (Å²) in [5.41, 5.74) is 12.1. The fourth-order valence-corrected chi connectivity index (χ4v) is 8.91. The molecule has 0 saturated heterocycles. The summed E-state index contributed by atoms with van der Waals surface area (Å²) in [4.78, 5) is 55.9. The molecule has 0 aliphatic carbocycles. The third-order valence-electron chi connectivity index (χ3n) is 12.7. The maximum absolute atomic E-state index is 14.0. The van der Waals surface area contributed by atoms with Crippen molar-refractivity contribution >= 4 is 91.6 Å². The standard InChI is InChI=1S/C61H44N8O8/c70-54-21-17-38-9-1-5-13-46(38)50(54)32-62-66-58(74)42-26-36(27-43(30-42)59(75)67-63-33-51-47-14-6-2-10-39(47)18-22-55(51)71)25-37-28-44(60(76)68-64-34-52-48-15-7-3-11-40(48)19-23-56(52)72)31-45(29-37)61(77)69-65-35-53-49-16-8-4-12-41(49)20-24-57(53)73/h1-24,26-35,70-73H,25H2,(H,66,74)(H,67,75)(H,68,76)(H,69,77)/b62-32-,63-33+,64-34+,65-35+. The van der Waals surface area contributed by atoms with Crippen molar-refractivity contribution < 1.29 is 39.6 Å². The fraction of sp³-hybridized carbons (Fsp3) is 0.0164. The lowest BCUT2D eigenvalue weighted by Crippen LogP contribution is -2.22. The van der Waals surface area contributed by atoms with Crippen LogP contribution in [-0.2, 0) is 6.42 Å². The van der Waals surface area contributed by atoms with E-state index in [1.54, 1.807) is 48.5 Å². The van der Waals surface area contributed by atoms with Gasteiger partial charge in [0.05, 0.1) is 24.9 Å². The molecule has 0 heterocycles. The summed E-state index contributed by atoms with van der Waals surface area (Å²) in [6.45, 7) is 0. The Kier molecular flexibility index (Phi) is 14.2. The van der Waals surface area contributed by atoms with Gasteiger partial charge in [0, 0.05) is 44.5 Å². The van der Waals surface area contributed by atoms with Gasteiger partial charge < -0.3 is 20.4 Å². The highest BCUT2D eigenvalue weighted by molar-refractivity contribution is 6.07. The lowest BCUT2D eigenvalue weighted by atomic mass is 9.96. The Balaban J connectivity index is 0.981. The molecule has 0 fully saturated rings. The third kappa shape index (κ3) is 11.0. The van der Waals surface area contributed by atoms with Gasteiger partial charge in [-0.3, -0.25) is 19.2 Å². The molecule has 8 N–H and O–H groups in total. The third-order valence-corrected chi connectivity index (χ3v) is 12.7. The van der Waals surface area contributed by atoms with Gasteiger partial charge in [-0.05, 0) is 121 Å². The van der Waals surface area contributed by atoms with Crippen molar-refractivity contribution in [1.82, 2.24) is 21.7 Å². The van der Waals surface area contributed by atoms with Crippen LogP contribution in [0.25, 0.3) is 43.1 Å². The normalized spacial score (nSPS) is 11.6. The van der Waals surface area contributed by atoms with Crippen molar-refractivity contribution in [3.63, 3.8) is 0 Å². The first-order valence-corrected chi connectivity index (χ1v) is 23.9. The molecular weight excluding hydrogens is 973 g/mol. The minimum absolute atomic E-state index is 0.00784. The molecular formula is C61H44N8O8. The minimum Gasteiger partial charge on any atom is -0.507 e. The highest BCUT2D eigenvalue weighted by Gasteiger charge is 2.18. The van der Waals surface area contributed by atoms with Gasteiger partial charge in [-0.2, -0.15) is 20.4 Å². The van der Waals surface area contributed by atoms with Crippen LogP contribution < -0.4 is 21.7 Å². The second-order valence-corrected chi connectivity index (χ2v) is 17.7. The second-order valence-electron chi connectivity index (χ2n) is 17.7. The first-order chi connectivity index (χ1) is 37.5. The molecule has 16 nitrogen and oxygen atoms in total. The minimum atomic E-state index is -0.723. The van der Waals surface area contributed by atoms with Crippen molar-refractivity contribution in [3.05, 3.63) is 238 Å². The van der Waals surface area contributed by atoms with Crippen molar-refractivity contribution in [2.45, 2.75) is 6.42 Å². The molecule has 0 saturated carbocycles. The van der Waals surface area contributed by atoms with E-state index in [0.29, 0.717) is 54.9 Å². The Morgan fingerprint density at radius 1 is 0.325 bits per heavy atom. The van der Waals surface area contributed by atoms with Gasteiger partial charge in [-0.1, -0.05) is 121 Å². The molecule has 0 unspecified atom stereocenters. The van der Waals surface area contributed by atoms with E-state index < -0.39 is 23.6 Å². The first-order valence-electron chi connectivity index (χ1n) is 23.9. The molecule has 0 aromatic heterocycles. The van der Waals surface area contributed by atoms with E-state index in [1.165, 1.54) is 85.5 Å². The Bertz CT molecular complexity index is 3610. The molecule has 0 spiro atoms. The van der Waals surface area contributed by atoms with Crippen LogP contribution in [0.4, 0.5) is 0 Å². The van der Waals surface area contributed by atoms with Crippen molar-refractivity contribution in [2.24, 2.45) is 20.4 Å². The number of carbonyl (C=O) groups is 4. The average molecular weight is 1020 g/mol. The van der Waals surface area contributed by atoms with Gasteiger partial charge in [0.1, 0.15) is 23.0 Å². The molecule has 0 aliphatic rings. The molecule has 4 amide bonds. The number of phenolic OH excluding ortho intramolecular Hbond substituents is 4. The fourth-order valence-electron chi connectivity index (χ4n) is 8.91. The van der Waals surface area contributed by atoms with Gasteiger partial charge in [0.2, 0.25) is 0 Å². The predicted octanol–water partition coefficient (Wildman–Crippen LogP) is 9.77. The number of phenols is 4. The van der Waals surface area contributed by atoms with Crippen LogP contribution in [0.15, 0.2) is 202 Å². The zero-order chi connectivity index (χ0) is 53.4. The molecule has 376 valence electrons. The van der Waals surface area contributed by atoms with Crippen LogP contribution in [0, 0.1) is 0 Å². The average Bonchev–Trinajstić information content (AvgIpc) is 3.45. The van der Waals surface area contributed by atoms with Crippen molar-refractivity contribution in [1.29, 1.82) is 0 Å². The molecule has 0 atom stereocenters. The Labute approximate surface area is 438 Å². The quantitative estimate of drug-likeness (QED) is 0.0384. The Hall–Kier alpha value is -11.0. The number of benzene rings is 10. The number of hydrazone groups is 4. The number of aromatic hydroxyl groups is 4. The molecule has 10 aromatic rings. The lowest BCUT2D eigenvalue weighted by molar-refractivity contribution is 0.0939. The summed E-state index contributed by atoms with van der Waals surface area (Å²) in [6, 6.07) is 51.2. The number of nitrogens with one attached hydrogen (secondary N) is 4. The van der Waals surface area contributed by atoms with Crippen molar-refractivity contribution in [2.75, 3.05) is 0 Å². The Morgan fingerprint density at radius 2 is 0.558 bits per heavy atom. The maximum atomic E-state index is 14.0. The molecule has 0 bridgehead atoms. The zero-order valence-corrected chi connectivity index (χ0v) is 40.5. The smallest absolute Gasteiger partial charge is 0.271 e. The van der Waals surface area contributed by atoms with E-state index in [2.05, 4.69) is 42.1 Å². The van der Waals surface area contributed by atoms with Crippen LogP contribution >= 0.6 is 0 Å². The number of fused-ring (bicyclic) bond motifs is 4. The number of nitrogens with zero attached hydrogens (tertiary/aromatic N) is 4. The monoisotopic (exact) mass is 1020 g/mol. The topological polar surface area (TPSA) is 247 Å². The molecule has 0 radical (unpaired) electrons. The SMILES string of the molecule is O=C(N/N=C\c1c(O)ccc2ccccc12)c1cc(Cc2cc(C(=O)N/N=C/c3c(O)ccc4ccccc34)cc(C(=O)N/N=C/c3c(O)ccc4ccccc34)c2)cc(C(=O)N/N=C/c2c(O)ccc3ccccc23)c1. The lowest BCUT2D eigenvalue weighted by Gasteiger charge is -2.12. The van der Waals surface area contributed by atoms with E-state index in [1.807, 2.05) is 72.8 Å². The van der Waals surface area contributed by atoms with Crippen LogP contribution in [0.2, 0.25) is 0 Å². The van der Waals surface area contributed by atoms with Gasteiger partial charge in [-0.25, -0.2) is 21.7 Å². The summed E-state index contributed by atoms with van der Waals surface area (Å²) in [7, 11) is 0. The van der Waals surface area contributed by atoms with E-state index in [9.17, 15) is 39.6 Å². The largest absolute Gasteiger partial charge is 0.507 e. The van der Waals surface area contributed by atoms with E-state index in [0.717, 1.165) is 21.5 Å². The van der Waals surface area contributed by atoms with Crippen LogP contribution in [0.3, 0.4) is 0 Å². The number of hydrogen-bond acceptors (Lipinski definition) is 12. The predicted molar refractivity (Wildman–Crippen MR) is 298 cm³/mol. The van der Waals surface area contributed by atoms with Crippen LogP contribution in [-0.4, -0.2) is 68.9 Å². The molecule has 16 heteroatoms. The van der Waals surface area contributed by atoms with Crippen LogP contribution in [0.5, 0.6) is 23.0 Å². The first kappa shape index (κ1) is 49.6. The summed E-state index contributed by atoms with van der Waals surface area (Å²) in [5.74, 6) is -3.13. The molecule has 0 aliphatic heterocycles. The molecule has 10 aromatic carbocycles. The maximum Gasteiger partial charge on any atom is 0.271 e. The molecule has 10 rings (SSSR count). The summed E-state index contributed by atoms with van der Waals surface area (Å²) in [5, 5.41) is 65.5. The summed E-state index contributed by atoms with van der Waals surface area (Å²) in [6.07, 6.45) is 5.21. The highest BCUT2D eigenvalue weighted by atomic mass is 16.3. The van der Waals surface area contributed by atoms with Crippen molar-refractivity contribution in [3.8, 4) is 23.0 Å². The second kappa shape index (κ2) is 22.0.